The largest absolute Gasteiger partial charge is 0.497 e. The van der Waals surface area contributed by atoms with Crippen molar-refractivity contribution in [3.8, 4) is 5.75 Å². The minimum atomic E-state index is -4.05. The number of benzene rings is 3. The first-order valence-electron chi connectivity index (χ1n) is 10.1. The minimum Gasteiger partial charge on any atom is -0.497 e. The molecular formula is C24H24N2O6S. The van der Waals surface area contributed by atoms with Crippen molar-refractivity contribution in [2.45, 2.75) is 11.8 Å². The number of nitrogens with one attached hydrogen (secondary N) is 1. The Morgan fingerprint density at radius 2 is 1.67 bits per heavy atom. The Kier molecular flexibility index (Phi) is 7.68. The third-order valence-corrected chi connectivity index (χ3v) is 6.41. The first kappa shape index (κ1) is 23.8. The van der Waals surface area contributed by atoms with Gasteiger partial charge in [-0.15, -0.1) is 0 Å². The van der Waals surface area contributed by atoms with E-state index in [0.29, 0.717) is 11.4 Å². The standard InChI is InChI=1S/C24H24N2O6S/c1-3-32-24(28)18-9-7-10-19(15-18)25-23(27)17-26(20-11-8-12-21(16-20)31-2)33(29,30)22-13-5-4-6-14-22/h4-16H,3,17H2,1-2H3,(H,25,27). The number of amides is 1. The van der Waals surface area contributed by atoms with E-state index in [1.165, 1.54) is 31.4 Å². The van der Waals surface area contributed by atoms with Crippen LogP contribution in [0.4, 0.5) is 11.4 Å². The molecule has 0 atom stereocenters. The summed E-state index contributed by atoms with van der Waals surface area (Å²) >= 11 is 0. The molecule has 1 amide bonds. The maximum absolute atomic E-state index is 13.4. The summed E-state index contributed by atoms with van der Waals surface area (Å²) in [5, 5.41) is 2.65. The highest BCUT2D eigenvalue weighted by molar-refractivity contribution is 7.92. The SMILES string of the molecule is CCOC(=O)c1cccc(NC(=O)CN(c2cccc(OC)c2)S(=O)(=O)c2ccccc2)c1. The van der Waals surface area contributed by atoms with Crippen molar-refractivity contribution in [3.05, 3.63) is 84.4 Å². The monoisotopic (exact) mass is 468 g/mol. The molecule has 0 heterocycles. The van der Waals surface area contributed by atoms with E-state index in [1.54, 1.807) is 61.5 Å². The number of anilines is 2. The van der Waals surface area contributed by atoms with Gasteiger partial charge in [-0.05, 0) is 49.4 Å². The Bertz CT molecular complexity index is 1230. The highest BCUT2D eigenvalue weighted by Gasteiger charge is 2.27. The Morgan fingerprint density at radius 1 is 0.939 bits per heavy atom. The van der Waals surface area contributed by atoms with Crippen molar-refractivity contribution in [1.29, 1.82) is 0 Å². The lowest BCUT2D eigenvalue weighted by molar-refractivity contribution is -0.114. The van der Waals surface area contributed by atoms with E-state index in [1.807, 2.05) is 0 Å². The molecule has 0 spiro atoms. The molecule has 3 rings (SSSR count). The number of sulfonamides is 1. The van der Waals surface area contributed by atoms with Gasteiger partial charge < -0.3 is 14.8 Å². The predicted octanol–water partition coefficient (Wildman–Crippen LogP) is 3.71. The van der Waals surface area contributed by atoms with Crippen molar-refractivity contribution < 1.29 is 27.5 Å². The van der Waals surface area contributed by atoms with Crippen LogP contribution in [0.5, 0.6) is 5.75 Å². The topological polar surface area (TPSA) is 102 Å². The quantitative estimate of drug-likeness (QED) is 0.481. The molecule has 3 aromatic rings. The van der Waals surface area contributed by atoms with E-state index in [4.69, 9.17) is 9.47 Å². The molecule has 33 heavy (non-hydrogen) atoms. The molecule has 0 saturated heterocycles. The van der Waals surface area contributed by atoms with Crippen LogP contribution >= 0.6 is 0 Å². The average Bonchev–Trinajstić information content (AvgIpc) is 2.83. The maximum Gasteiger partial charge on any atom is 0.338 e. The second kappa shape index (κ2) is 10.6. The Hall–Kier alpha value is -3.85. The van der Waals surface area contributed by atoms with Gasteiger partial charge in [0.2, 0.25) is 5.91 Å². The molecule has 0 aliphatic carbocycles. The van der Waals surface area contributed by atoms with Crippen LogP contribution in [-0.2, 0) is 19.6 Å². The lowest BCUT2D eigenvalue weighted by Gasteiger charge is -2.24. The van der Waals surface area contributed by atoms with Gasteiger partial charge in [-0.3, -0.25) is 9.10 Å². The van der Waals surface area contributed by atoms with Crippen molar-refractivity contribution in [2.24, 2.45) is 0 Å². The molecular weight excluding hydrogens is 444 g/mol. The van der Waals surface area contributed by atoms with E-state index in [9.17, 15) is 18.0 Å². The second-order valence-electron chi connectivity index (χ2n) is 6.88. The summed E-state index contributed by atoms with van der Waals surface area (Å²) in [6, 6.07) is 20.5. The molecule has 8 nitrogen and oxygen atoms in total. The number of rotatable bonds is 9. The van der Waals surface area contributed by atoms with Crippen molar-refractivity contribution >= 4 is 33.3 Å². The zero-order valence-electron chi connectivity index (χ0n) is 18.2. The lowest BCUT2D eigenvalue weighted by atomic mass is 10.2. The molecule has 0 bridgehead atoms. The number of hydrogen-bond donors (Lipinski definition) is 1. The summed E-state index contributed by atoms with van der Waals surface area (Å²) in [7, 11) is -2.58. The number of nitrogens with zero attached hydrogens (tertiary/aromatic N) is 1. The van der Waals surface area contributed by atoms with Gasteiger partial charge in [0, 0.05) is 11.8 Å². The van der Waals surface area contributed by atoms with Crippen molar-refractivity contribution in [1.82, 2.24) is 0 Å². The number of ether oxygens (including phenoxy) is 2. The Morgan fingerprint density at radius 3 is 2.36 bits per heavy atom. The molecule has 0 unspecified atom stereocenters. The fourth-order valence-electron chi connectivity index (χ4n) is 3.07. The van der Waals surface area contributed by atoms with Gasteiger partial charge in [0.05, 0.1) is 29.9 Å². The van der Waals surface area contributed by atoms with Gasteiger partial charge in [0.1, 0.15) is 12.3 Å². The third kappa shape index (κ3) is 5.89. The molecule has 3 aromatic carbocycles. The zero-order chi connectivity index (χ0) is 23.8. The Labute approximate surface area is 192 Å². The van der Waals surface area contributed by atoms with E-state index in [-0.39, 0.29) is 22.8 Å². The van der Waals surface area contributed by atoms with E-state index in [2.05, 4.69) is 5.32 Å². The molecule has 0 radical (unpaired) electrons. The molecule has 9 heteroatoms. The average molecular weight is 469 g/mol. The van der Waals surface area contributed by atoms with E-state index >= 15 is 0 Å². The number of carbonyl (C=O) groups is 2. The molecule has 0 aliphatic rings. The van der Waals surface area contributed by atoms with Crippen LogP contribution in [0.25, 0.3) is 0 Å². The van der Waals surface area contributed by atoms with E-state index in [0.717, 1.165) is 4.31 Å². The summed E-state index contributed by atoms with van der Waals surface area (Å²) in [6.45, 7) is 1.43. The normalized spacial score (nSPS) is 10.8. The molecule has 0 aliphatic heterocycles. The lowest BCUT2D eigenvalue weighted by Crippen LogP contribution is -2.38. The summed E-state index contributed by atoms with van der Waals surface area (Å²) in [5.74, 6) is -0.653. The van der Waals surface area contributed by atoms with Crippen LogP contribution in [0.1, 0.15) is 17.3 Å². The minimum absolute atomic E-state index is 0.0462. The van der Waals surface area contributed by atoms with Gasteiger partial charge in [-0.25, -0.2) is 13.2 Å². The van der Waals surface area contributed by atoms with Gasteiger partial charge in [-0.1, -0.05) is 30.3 Å². The number of methoxy groups -OCH3 is 1. The van der Waals surface area contributed by atoms with Gasteiger partial charge in [0.25, 0.3) is 10.0 Å². The van der Waals surface area contributed by atoms with Crippen LogP contribution in [0.15, 0.2) is 83.8 Å². The summed E-state index contributed by atoms with van der Waals surface area (Å²) in [5.41, 5.74) is 0.887. The highest BCUT2D eigenvalue weighted by Crippen LogP contribution is 2.27. The first-order chi connectivity index (χ1) is 15.8. The van der Waals surface area contributed by atoms with Crippen LogP contribution in [0, 0.1) is 0 Å². The summed E-state index contributed by atoms with van der Waals surface area (Å²) < 4.78 is 38.0. The number of hydrogen-bond acceptors (Lipinski definition) is 6. The van der Waals surface area contributed by atoms with Gasteiger partial charge in [0.15, 0.2) is 0 Å². The fraction of sp³-hybridized carbons (Fsp3) is 0.167. The van der Waals surface area contributed by atoms with Crippen LogP contribution in [0.3, 0.4) is 0 Å². The van der Waals surface area contributed by atoms with Gasteiger partial charge in [-0.2, -0.15) is 0 Å². The number of esters is 1. The fourth-order valence-corrected chi connectivity index (χ4v) is 4.50. The predicted molar refractivity (Wildman–Crippen MR) is 125 cm³/mol. The zero-order valence-corrected chi connectivity index (χ0v) is 19.0. The summed E-state index contributed by atoms with van der Waals surface area (Å²) in [4.78, 5) is 24.9. The smallest absolute Gasteiger partial charge is 0.338 e. The molecule has 0 fully saturated rings. The van der Waals surface area contributed by atoms with Crippen LogP contribution in [-0.4, -0.2) is 40.6 Å². The number of carbonyl (C=O) groups excluding carboxylic acids is 2. The van der Waals surface area contributed by atoms with Crippen molar-refractivity contribution in [3.63, 3.8) is 0 Å². The van der Waals surface area contributed by atoms with E-state index < -0.39 is 28.4 Å². The maximum atomic E-state index is 13.4. The molecule has 0 saturated carbocycles. The second-order valence-corrected chi connectivity index (χ2v) is 8.74. The molecule has 172 valence electrons. The molecule has 1 N–H and O–H groups in total. The van der Waals surface area contributed by atoms with Gasteiger partial charge >= 0.3 is 5.97 Å². The highest BCUT2D eigenvalue weighted by atomic mass is 32.2. The summed E-state index contributed by atoms with van der Waals surface area (Å²) in [6.07, 6.45) is 0. The van der Waals surface area contributed by atoms with Crippen LogP contribution < -0.4 is 14.4 Å². The van der Waals surface area contributed by atoms with Crippen molar-refractivity contribution in [2.75, 3.05) is 29.9 Å². The molecule has 0 aromatic heterocycles. The first-order valence-corrected chi connectivity index (χ1v) is 11.6. The van der Waals surface area contributed by atoms with Crippen LogP contribution in [0.2, 0.25) is 0 Å². The third-order valence-electron chi connectivity index (χ3n) is 4.62. The Balaban J connectivity index is 1.90.